The fourth-order valence-electron chi connectivity index (χ4n) is 1.56. The summed E-state index contributed by atoms with van der Waals surface area (Å²) in [5.74, 6) is -1.24. The van der Waals surface area contributed by atoms with Crippen LogP contribution >= 0.6 is 0 Å². The summed E-state index contributed by atoms with van der Waals surface area (Å²) in [6.07, 6.45) is 0. The summed E-state index contributed by atoms with van der Waals surface area (Å²) in [5, 5.41) is 2.58. The Kier molecular flexibility index (Phi) is 3.37. The summed E-state index contributed by atoms with van der Waals surface area (Å²) in [6.45, 7) is 1.60. The van der Waals surface area contributed by atoms with E-state index in [1.54, 1.807) is 6.92 Å². The van der Waals surface area contributed by atoms with E-state index in [1.807, 2.05) is 0 Å². The maximum Gasteiger partial charge on any atom is 0.255 e. The fraction of sp³-hybridized carbons (Fsp3) is 0.0714. The molecule has 0 bridgehead atoms. The van der Waals surface area contributed by atoms with Gasteiger partial charge in [0.05, 0.1) is 0 Å². The van der Waals surface area contributed by atoms with Crippen LogP contribution in [-0.2, 0) is 0 Å². The van der Waals surface area contributed by atoms with Gasteiger partial charge in [-0.05, 0) is 48.9 Å². The third-order valence-corrected chi connectivity index (χ3v) is 2.50. The molecule has 0 fully saturated rings. The van der Waals surface area contributed by atoms with Gasteiger partial charge in [0, 0.05) is 11.3 Å². The van der Waals surface area contributed by atoms with Crippen molar-refractivity contribution >= 4 is 11.6 Å². The van der Waals surface area contributed by atoms with Gasteiger partial charge >= 0.3 is 0 Å². The molecule has 4 heteroatoms. The van der Waals surface area contributed by atoms with Crippen LogP contribution < -0.4 is 5.32 Å². The first-order valence-corrected chi connectivity index (χ1v) is 5.39. The minimum Gasteiger partial charge on any atom is -0.322 e. The fourth-order valence-corrected chi connectivity index (χ4v) is 1.56. The molecule has 0 aliphatic rings. The van der Waals surface area contributed by atoms with Crippen LogP contribution in [0.1, 0.15) is 15.9 Å². The lowest BCUT2D eigenvalue weighted by atomic mass is 10.2. The van der Waals surface area contributed by atoms with E-state index in [1.165, 1.54) is 36.4 Å². The number of amides is 1. The normalized spacial score (nSPS) is 10.2. The Morgan fingerprint density at radius 3 is 2.56 bits per heavy atom. The molecule has 0 saturated carbocycles. The minimum atomic E-state index is -0.474. The Bertz CT molecular complexity index is 596. The van der Waals surface area contributed by atoms with E-state index in [4.69, 9.17) is 0 Å². The first-order chi connectivity index (χ1) is 8.56. The third-order valence-electron chi connectivity index (χ3n) is 2.50. The average Bonchev–Trinajstić information content (AvgIpc) is 2.34. The van der Waals surface area contributed by atoms with Crippen LogP contribution in [0.2, 0.25) is 0 Å². The predicted molar refractivity (Wildman–Crippen MR) is 65.5 cm³/mol. The van der Waals surface area contributed by atoms with Gasteiger partial charge in [-0.1, -0.05) is 6.07 Å². The molecule has 92 valence electrons. The van der Waals surface area contributed by atoms with Gasteiger partial charge in [-0.3, -0.25) is 4.79 Å². The average molecular weight is 247 g/mol. The summed E-state index contributed by atoms with van der Waals surface area (Å²) in [5.41, 5.74) is 1.13. The van der Waals surface area contributed by atoms with Crippen molar-refractivity contribution in [1.82, 2.24) is 0 Å². The van der Waals surface area contributed by atoms with Gasteiger partial charge in [0.25, 0.3) is 5.91 Å². The van der Waals surface area contributed by atoms with E-state index in [0.717, 1.165) is 6.07 Å². The van der Waals surface area contributed by atoms with Crippen LogP contribution in [0.5, 0.6) is 0 Å². The van der Waals surface area contributed by atoms with Crippen LogP contribution in [0.3, 0.4) is 0 Å². The van der Waals surface area contributed by atoms with Crippen LogP contribution in [-0.4, -0.2) is 5.91 Å². The molecule has 2 rings (SSSR count). The van der Waals surface area contributed by atoms with Crippen molar-refractivity contribution in [2.45, 2.75) is 6.92 Å². The molecule has 2 aromatic rings. The highest BCUT2D eigenvalue weighted by atomic mass is 19.1. The molecule has 2 nitrogen and oxygen atoms in total. The molecule has 0 aliphatic carbocycles. The van der Waals surface area contributed by atoms with Gasteiger partial charge in [-0.25, -0.2) is 8.78 Å². The zero-order valence-corrected chi connectivity index (χ0v) is 9.71. The van der Waals surface area contributed by atoms with Crippen molar-refractivity contribution in [2.24, 2.45) is 0 Å². The Balaban J connectivity index is 2.18. The van der Waals surface area contributed by atoms with Gasteiger partial charge in [0.1, 0.15) is 11.6 Å². The lowest BCUT2D eigenvalue weighted by Crippen LogP contribution is -2.12. The molecule has 0 spiro atoms. The summed E-state index contributed by atoms with van der Waals surface area (Å²) < 4.78 is 26.0. The van der Waals surface area contributed by atoms with E-state index in [9.17, 15) is 13.6 Å². The summed E-state index contributed by atoms with van der Waals surface area (Å²) >= 11 is 0. The Hall–Kier alpha value is -2.23. The molecule has 0 atom stereocenters. The quantitative estimate of drug-likeness (QED) is 0.864. The SMILES string of the molecule is Cc1cc(NC(=O)c2cccc(F)c2)ccc1F. The predicted octanol–water partition coefficient (Wildman–Crippen LogP) is 3.53. The molecule has 18 heavy (non-hydrogen) atoms. The first-order valence-electron chi connectivity index (χ1n) is 5.39. The van der Waals surface area contributed by atoms with Crippen molar-refractivity contribution in [3.63, 3.8) is 0 Å². The molecule has 0 saturated heterocycles. The van der Waals surface area contributed by atoms with Crippen LogP contribution in [0.4, 0.5) is 14.5 Å². The molecule has 1 amide bonds. The Morgan fingerprint density at radius 1 is 1.11 bits per heavy atom. The molecule has 0 radical (unpaired) electrons. The molecular weight excluding hydrogens is 236 g/mol. The van der Waals surface area contributed by atoms with Gasteiger partial charge < -0.3 is 5.32 Å². The molecule has 0 unspecified atom stereocenters. The van der Waals surface area contributed by atoms with Crippen molar-refractivity contribution in [3.05, 3.63) is 65.2 Å². The number of carbonyl (C=O) groups excluding carboxylic acids is 1. The maximum atomic E-state index is 13.0. The minimum absolute atomic E-state index is 0.219. The van der Waals surface area contributed by atoms with Gasteiger partial charge in [0.2, 0.25) is 0 Å². The van der Waals surface area contributed by atoms with Crippen LogP contribution in [0, 0.1) is 18.6 Å². The first kappa shape index (κ1) is 12.2. The van der Waals surface area contributed by atoms with Crippen molar-refractivity contribution in [1.29, 1.82) is 0 Å². The molecule has 0 aliphatic heterocycles. The van der Waals surface area contributed by atoms with Gasteiger partial charge in [0.15, 0.2) is 0 Å². The van der Waals surface area contributed by atoms with Crippen molar-refractivity contribution in [3.8, 4) is 0 Å². The number of nitrogens with one attached hydrogen (secondary N) is 1. The van der Waals surface area contributed by atoms with Gasteiger partial charge in [-0.15, -0.1) is 0 Å². The number of rotatable bonds is 2. The number of hydrogen-bond donors (Lipinski definition) is 1. The maximum absolute atomic E-state index is 13.0. The number of carbonyl (C=O) groups is 1. The second kappa shape index (κ2) is 4.96. The number of benzene rings is 2. The standard InChI is InChI=1S/C14H11F2NO/c1-9-7-12(5-6-13(9)16)17-14(18)10-3-2-4-11(15)8-10/h2-8H,1H3,(H,17,18). The molecule has 0 heterocycles. The molecule has 0 aromatic heterocycles. The lowest BCUT2D eigenvalue weighted by molar-refractivity contribution is 0.102. The zero-order valence-electron chi connectivity index (χ0n) is 9.71. The highest BCUT2D eigenvalue weighted by molar-refractivity contribution is 6.04. The highest BCUT2D eigenvalue weighted by Crippen LogP contribution is 2.15. The van der Waals surface area contributed by atoms with Crippen LogP contribution in [0.15, 0.2) is 42.5 Å². The van der Waals surface area contributed by atoms with E-state index in [-0.39, 0.29) is 11.4 Å². The number of halogens is 2. The summed E-state index contributed by atoms with van der Waals surface area (Å²) in [4.78, 5) is 11.8. The van der Waals surface area contributed by atoms with E-state index in [2.05, 4.69) is 5.32 Å². The van der Waals surface area contributed by atoms with Gasteiger partial charge in [-0.2, -0.15) is 0 Å². The Labute approximate surface area is 103 Å². The number of hydrogen-bond acceptors (Lipinski definition) is 1. The second-order valence-electron chi connectivity index (χ2n) is 3.93. The second-order valence-corrected chi connectivity index (χ2v) is 3.93. The topological polar surface area (TPSA) is 29.1 Å². The van der Waals surface area contributed by atoms with E-state index < -0.39 is 11.7 Å². The molecule has 2 aromatic carbocycles. The lowest BCUT2D eigenvalue weighted by Gasteiger charge is -2.06. The van der Waals surface area contributed by atoms with E-state index in [0.29, 0.717) is 11.3 Å². The summed E-state index contributed by atoms with van der Waals surface area (Å²) in [7, 11) is 0. The largest absolute Gasteiger partial charge is 0.322 e. The van der Waals surface area contributed by atoms with Crippen LogP contribution in [0.25, 0.3) is 0 Å². The van der Waals surface area contributed by atoms with E-state index >= 15 is 0 Å². The molecule has 1 N–H and O–H groups in total. The number of aryl methyl sites for hydroxylation is 1. The third kappa shape index (κ3) is 2.71. The highest BCUT2D eigenvalue weighted by Gasteiger charge is 2.07. The number of anilines is 1. The molecular formula is C14H11F2NO. The smallest absolute Gasteiger partial charge is 0.255 e. The Morgan fingerprint density at radius 2 is 1.89 bits per heavy atom. The summed E-state index contributed by atoms with van der Waals surface area (Å²) in [6, 6.07) is 9.63. The monoisotopic (exact) mass is 247 g/mol. The zero-order chi connectivity index (χ0) is 13.1. The van der Waals surface area contributed by atoms with Crippen molar-refractivity contribution in [2.75, 3.05) is 5.32 Å². The van der Waals surface area contributed by atoms with Crippen molar-refractivity contribution < 1.29 is 13.6 Å².